The third-order valence-electron chi connectivity index (χ3n) is 1.96. The highest BCUT2D eigenvalue weighted by molar-refractivity contribution is 4.79. The van der Waals surface area contributed by atoms with Gasteiger partial charge in [-0.25, -0.2) is 0 Å². The van der Waals surface area contributed by atoms with E-state index in [2.05, 4.69) is 11.9 Å². The highest BCUT2D eigenvalue weighted by atomic mass is 16.5. The fourth-order valence-electron chi connectivity index (χ4n) is 1.48. The number of likely N-dealkylation sites (N-methyl/N-ethyl adjacent to an activating group) is 1. The van der Waals surface area contributed by atoms with Crippen LogP contribution >= 0.6 is 0 Å². The lowest BCUT2D eigenvalue weighted by molar-refractivity contribution is 0.0330. The molecule has 0 aromatic heterocycles. The molecule has 2 atom stereocenters. The summed E-state index contributed by atoms with van der Waals surface area (Å²) in [6, 6.07) is 0.295. The number of piperidine rings is 1. The number of ether oxygens (including phenoxy) is 1. The fourth-order valence-corrected chi connectivity index (χ4v) is 1.48. The standard InChI is InChI=1S/C7H16N2O.C2H6/c1-9-4-6(8)3-7(5-9)10-2;1-2/h6-7H,3-5,8H2,1-2H3;1-2H3. The van der Waals surface area contributed by atoms with Crippen LogP contribution in [-0.4, -0.2) is 44.3 Å². The van der Waals surface area contributed by atoms with Crippen LogP contribution in [0.4, 0.5) is 0 Å². The Morgan fingerprint density at radius 3 is 2.33 bits per heavy atom. The van der Waals surface area contributed by atoms with Crippen LogP contribution in [0.15, 0.2) is 0 Å². The summed E-state index contributed by atoms with van der Waals surface area (Å²) >= 11 is 0. The topological polar surface area (TPSA) is 38.5 Å². The first kappa shape index (κ1) is 11.9. The van der Waals surface area contributed by atoms with Gasteiger partial charge in [-0.05, 0) is 13.5 Å². The van der Waals surface area contributed by atoms with Crippen LogP contribution in [0.1, 0.15) is 20.3 Å². The largest absolute Gasteiger partial charge is 0.380 e. The molecule has 0 bridgehead atoms. The average Bonchev–Trinajstić information content (AvgIpc) is 2.06. The quantitative estimate of drug-likeness (QED) is 0.635. The maximum Gasteiger partial charge on any atom is 0.0713 e. The van der Waals surface area contributed by atoms with Crippen molar-refractivity contribution in [3.63, 3.8) is 0 Å². The molecule has 1 aliphatic heterocycles. The third kappa shape index (κ3) is 4.04. The molecular weight excluding hydrogens is 152 g/mol. The maximum atomic E-state index is 5.77. The lowest BCUT2D eigenvalue weighted by atomic mass is 10.1. The molecule has 1 fully saturated rings. The van der Waals surface area contributed by atoms with Crippen LogP contribution in [0.3, 0.4) is 0 Å². The van der Waals surface area contributed by atoms with E-state index < -0.39 is 0 Å². The fraction of sp³-hybridized carbons (Fsp3) is 1.00. The Hall–Kier alpha value is -0.120. The molecule has 0 radical (unpaired) electrons. The van der Waals surface area contributed by atoms with Crippen molar-refractivity contribution in [1.82, 2.24) is 4.90 Å². The summed E-state index contributed by atoms with van der Waals surface area (Å²) in [5.74, 6) is 0. The molecule has 0 aromatic carbocycles. The van der Waals surface area contributed by atoms with Gasteiger partial charge in [-0.3, -0.25) is 0 Å². The minimum Gasteiger partial charge on any atom is -0.380 e. The SMILES string of the molecule is CC.COC1CC(N)CN(C)C1. The van der Waals surface area contributed by atoms with Gasteiger partial charge in [0.25, 0.3) is 0 Å². The minimum atomic E-state index is 0.295. The van der Waals surface area contributed by atoms with Gasteiger partial charge in [0.05, 0.1) is 6.10 Å². The van der Waals surface area contributed by atoms with E-state index in [1.807, 2.05) is 13.8 Å². The summed E-state index contributed by atoms with van der Waals surface area (Å²) in [6.07, 6.45) is 1.34. The van der Waals surface area contributed by atoms with Crippen LogP contribution in [0, 0.1) is 0 Å². The number of likely N-dealkylation sites (tertiary alicyclic amines) is 1. The van der Waals surface area contributed by atoms with Gasteiger partial charge in [0, 0.05) is 26.2 Å². The molecule has 1 saturated heterocycles. The molecule has 1 heterocycles. The second kappa shape index (κ2) is 6.40. The average molecular weight is 174 g/mol. The lowest BCUT2D eigenvalue weighted by Gasteiger charge is -2.32. The number of hydrogen-bond donors (Lipinski definition) is 1. The summed E-state index contributed by atoms with van der Waals surface area (Å²) in [4.78, 5) is 2.21. The summed E-state index contributed by atoms with van der Waals surface area (Å²) in [5.41, 5.74) is 5.77. The predicted octanol–water partition coefficient (Wildman–Crippen LogP) is 0.690. The highest BCUT2D eigenvalue weighted by Gasteiger charge is 2.21. The van der Waals surface area contributed by atoms with Gasteiger partial charge in [-0.2, -0.15) is 0 Å². The zero-order valence-corrected chi connectivity index (χ0v) is 8.71. The van der Waals surface area contributed by atoms with Crippen molar-refractivity contribution in [3.8, 4) is 0 Å². The van der Waals surface area contributed by atoms with Gasteiger partial charge in [-0.15, -0.1) is 0 Å². The summed E-state index contributed by atoms with van der Waals surface area (Å²) in [5, 5.41) is 0. The summed E-state index contributed by atoms with van der Waals surface area (Å²) < 4.78 is 5.21. The first-order chi connectivity index (χ1) is 5.72. The van der Waals surface area contributed by atoms with E-state index in [1.54, 1.807) is 7.11 Å². The molecule has 3 nitrogen and oxygen atoms in total. The second-order valence-electron chi connectivity index (χ2n) is 3.07. The minimum absolute atomic E-state index is 0.295. The van der Waals surface area contributed by atoms with Crippen molar-refractivity contribution in [2.75, 3.05) is 27.2 Å². The maximum absolute atomic E-state index is 5.77. The van der Waals surface area contributed by atoms with Gasteiger partial charge in [0.15, 0.2) is 0 Å². The van der Waals surface area contributed by atoms with E-state index in [0.717, 1.165) is 19.5 Å². The number of rotatable bonds is 1. The molecule has 3 heteroatoms. The molecule has 12 heavy (non-hydrogen) atoms. The Balaban J connectivity index is 0.000000561. The van der Waals surface area contributed by atoms with E-state index in [-0.39, 0.29) is 0 Å². The molecular formula is C9H22N2O. The monoisotopic (exact) mass is 174 g/mol. The number of nitrogens with zero attached hydrogens (tertiary/aromatic N) is 1. The molecule has 0 spiro atoms. The van der Waals surface area contributed by atoms with Gasteiger partial charge in [-0.1, -0.05) is 13.8 Å². The summed E-state index contributed by atoms with van der Waals surface area (Å²) in [7, 11) is 3.82. The van der Waals surface area contributed by atoms with Gasteiger partial charge in [0.2, 0.25) is 0 Å². The van der Waals surface area contributed by atoms with E-state index in [4.69, 9.17) is 10.5 Å². The second-order valence-corrected chi connectivity index (χ2v) is 3.07. The Labute approximate surface area is 75.9 Å². The van der Waals surface area contributed by atoms with Crippen LogP contribution in [0.2, 0.25) is 0 Å². The van der Waals surface area contributed by atoms with Crippen molar-refractivity contribution < 1.29 is 4.74 Å². The van der Waals surface area contributed by atoms with Gasteiger partial charge < -0.3 is 15.4 Å². The van der Waals surface area contributed by atoms with E-state index in [0.29, 0.717) is 12.1 Å². The Kier molecular flexibility index (Phi) is 6.34. The zero-order valence-electron chi connectivity index (χ0n) is 8.71. The van der Waals surface area contributed by atoms with E-state index in [9.17, 15) is 0 Å². The lowest BCUT2D eigenvalue weighted by Crippen LogP contribution is -2.47. The van der Waals surface area contributed by atoms with Gasteiger partial charge in [0.1, 0.15) is 0 Å². The smallest absolute Gasteiger partial charge is 0.0713 e. The Morgan fingerprint density at radius 2 is 1.92 bits per heavy atom. The van der Waals surface area contributed by atoms with Crippen LogP contribution in [-0.2, 0) is 4.74 Å². The molecule has 2 unspecified atom stereocenters. The molecule has 0 amide bonds. The van der Waals surface area contributed by atoms with Crippen LogP contribution in [0.25, 0.3) is 0 Å². The van der Waals surface area contributed by atoms with E-state index >= 15 is 0 Å². The van der Waals surface area contributed by atoms with Gasteiger partial charge >= 0.3 is 0 Å². The molecule has 74 valence electrons. The molecule has 0 saturated carbocycles. The first-order valence-corrected chi connectivity index (χ1v) is 4.69. The first-order valence-electron chi connectivity index (χ1n) is 4.69. The van der Waals surface area contributed by atoms with Crippen molar-refractivity contribution >= 4 is 0 Å². The molecule has 0 aliphatic carbocycles. The predicted molar refractivity (Wildman–Crippen MR) is 52.2 cm³/mol. The number of nitrogens with two attached hydrogens (primary N) is 1. The molecule has 0 aromatic rings. The Morgan fingerprint density at radius 1 is 1.33 bits per heavy atom. The van der Waals surface area contributed by atoms with Crippen LogP contribution < -0.4 is 5.73 Å². The van der Waals surface area contributed by atoms with Crippen molar-refractivity contribution in [2.45, 2.75) is 32.4 Å². The number of methoxy groups -OCH3 is 1. The highest BCUT2D eigenvalue weighted by Crippen LogP contribution is 2.09. The molecule has 1 rings (SSSR count). The van der Waals surface area contributed by atoms with E-state index in [1.165, 1.54) is 0 Å². The third-order valence-corrected chi connectivity index (χ3v) is 1.96. The number of hydrogen-bond acceptors (Lipinski definition) is 3. The zero-order chi connectivity index (χ0) is 9.56. The van der Waals surface area contributed by atoms with Crippen molar-refractivity contribution in [1.29, 1.82) is 0 Å². The Bertz CT molecular complexity index is 98.7. The normalized spacial score (nSPS) is 30.8. The molecule has 2 N–H and O–H groups in total. The summed E-state index contributed by atoms with van der Waals surface area (Å²) in [6.45, 7) is 6.02. The molecule has 1 aliphatic rings. The van der Waals surface area contributed by atoms with Crippen LogP contribution in [0.5, 0.6) is 0 Å². The van der Waals surface area contributed by atoms with Crippen molar-refractivity contribution in [3.05, 3.63) is 0 Å². The van der Waals surface area contributed by atoms with Crippen molar-refractivity contribution in [2.24, 2.45) is 5.73 Å².